The summed E-state index contributed by atoms with van der Waals surface area (Å²) in [4.78, 5) is 12.7. The van der Waals surface area contributed by atoms with Crippen LogP contribution in [0.5, 0.6) is 11.5 Å². The van der Waals surface area contributed by atoms with E-state index in [9.17, 15) is 13.2 Å². The van der Waals surface area contributed by atoms with Gasteiger partial charge in [0.25, 0.3) is 5.22 Å². The lowest BCUT2D eigenvalue weighted by atomic mass is 10.1. The molecule has 0 saturated carbocycles. The molecule has 0 atom stereocenters. The van der Waals surface area contributed by atoms with Crippen LogP contribution in [0.3, 0.4) is 0 Å². The number of fused-ring (bicyclic) bond motifs is 2. The van der Waals surface area contributed by atoms with E-state index in [0.29, 0.717) is 47.2 Å². The Morgan fingerprint density at radius 2 is 1.97 bits per heavy atom. The Kier molecular flexibility index (Phi) is 5.30. The second kappa shape index (κ2) is 8.14. The molecule has 2 aliphatic heterocycles. The van der Waals surface area contributed by atoms with Gasteiger partial charge in [-0.1, -0.05) is 11.8 Å². The highest BCUT2D eigenvalue weighted by Gasteiger charge is 2.28. The first-order valence-electron chi connectivity index (χ1n) is 9.97. The fourth-order valence-corrected chi connectivity index (χ4v) is 5.43. The lowest BCUT2D eigenvalue weighted by Gasteiger charge is -2.18. The second-order valence-electron chi connectivity index (χ2n) is 7.22. The zero-order valence-electron chi connectivity index (χ0n) is 17.1. The summed E-state index contributed by atoms with van der Waals surface area (Å²) in [6.45, 7) is 2.21. The lowest BCUT2D eigenvalue weighted by molar-refractivity contribution is 0.102. The van der Waals surface area contributed by atoms with E-state index in [-0.39, 0.29) is 29.3 Å². The van der Waals surface area contributed by atoms with Gasteiger partial charge < -0.3 is 13.9 Å². The average molecular weight is 474 g/mol. The summed E-state index contributed by atoms with van der Waals surface area (Å²) < 4.78 is 42.2. The van der Waals surface area contributed by atoms with Crippen molar-refractivity contribution >= 4 is 33.3 Å². The van der Waals surface area contributed by atoms with Gasteiger partial charge >= 0.3 is 0 Å². The van der Waals surface area contributed by atoms with Gasteiger partial charge in [0.15, 0.2) is 17.3 Å². The molecule has 2 aromatic carbocycles. The summed E-state index contributed by atoms with van der Waals surface area (Å²) in [6, 6.07) is 10.5. The van der Waals surface area contributed by atoms with E-state index in [1.165, 1.54) is 4.31 Å². The van der Waals surface area contributed by atoms with Crippen LogP contribution in [0.4, 0.5) is 5.69 Å². The molecule has 166 valence electrons. The number of carbonyl (C=O) groups is 1. The maximum absolute atomic E-state index is 12.7. The molecule has 1 aromatic heterocycles. The smallest absolute Gasteiger partial charge is 0.277 e. The number of aromatic nitrogens is 2. The van der Waals surface area contributed by atoms with Crippen molar-refractivity contribution in [3.8, 4) is 23.0 Å². The summed E-state index contributed by atoms with van der Waals surface area (Å²) in [5, 5.41) is 8.33. The first-order valence-corrected chi connectivity index (χ1v) is 12.6. The van der Waals surface area contributed by atoms with Crippen LogP contribution in [0.1, 0.15) is 22.8 Å². The molecule has 0 fully saturated rings. The van der Waals surface area contributed by atoms with Crippen molar-refractivity contribution in [2.24, 2.45) is 0 Å². The van der Waals surface area contributed by atoms with Crippen LogP contribution in [0.2, 0.25) is 0 Å². The minimum absolute atomic E-state index is 0.0438. The monoisotopic (exact) mass is 473 g/mol. The standard InChI is InChI=1S/C21H19N3O6S2/c1-2-32(26,27)24-8-7-13-9-14(3-5-16(13)24)17(25)11-31-21-23-22-20(30-21)15-4-6-18-19(10-15)29-12-28-18/h3-6,9-10H,2,7-8,11-12H2,1H3. The Morgan fingerprint density at radius 1 is 1.12 bits per heavy atom. The van der Waals surface area contributed by atoms with Crippen molar-refractivity contribution in [1.29, 1.82) is 0 Å². The third-order valence-electron chi connectivity index (χ3n) is 5.31. The normalized spacial score (nSPS) is 14.6. The molecule has 0 aliphatic carbocycles. The van der Waals surface area contributed by atoms with Gasteiger partial charge in [-0.3, -0.25) is 9.10 Å². The summed E-state index contributed by atoms with van der Waals surface area (Å²) in [5.74, 6) is 1.68. The third kappa shape index (κ3) is 3.82. The van der Waals surface area contributed by atoms with E-state index in [1.54, 1.807) is 43.3 Å². The van der Waals surface area contributed by atoms with Gasteiger partial charge in [-0.15, -0.1) is 10.2 Å². The molecule has 5 rings (SSSR count). The van der Waals surface area contributed by atoms with Gasteiger partial charge in [0.05, 0.1) is 17.2 Å². The molecule has 2 aliphatic rings. The number of hydrogen-bond acceptors (Lipinski definition) is 9. The molecule has 0 radical (unpaired) electrons. The van der Waals surface area contributed by atoms with Crippen molar-refractivity contribution < 1.29 is 27.1 Å². The molecule has 0 amide bonds. The van der Waals surface area contributed by atoms with E-state index in [4.69, 9.17) is 13.9 Å². The van der Waals surface area contributed by atoms with E-state index in [2.05, 4.69) is 10.2 Å². The Labute approximate surface area is 188 Å². The molecule has 3 aromatic rings. The number of hydrogen-bond donors (Lipinski definition) is 0. The number of benzene rings is 2. The molecule has 0 unspecified atom stereocenters. The molecule has 3 heterocycles. The van der Waals surface area contributed by atoms with Gasteiger partial charge in [-0.25, -0.2) is 8.42 Å². The zero-order valence-corrected chi connectivity index (χ0v) is 18.7. The van der Waals surface area contributed by atoms with Crippen molar-refractivity contribution in [2.45, 2.75) is 18.6 Å². The maximum Gasteiger partial charge on any atom is 0.277 e. The van der Waals surface area contributed by atoms with Crippen LogP contribution in [0.25, 0.3) is 11.5 Å². The number of rotatable bonds is 7. The first kappa shape index (κ1) is 20.8. The summed E-state index contributed by atoms with van der Waals surface area (Å²) >= 11 is 1.15. The number of carbonyl (C=O) groups excluding carboxylic acids is 1. The quantitative estimate of drug-likeness (QED) is 0.377. The summed E-state index contributed by atoms with van der Waals surface area (Å²) in [5.41, 5.74) is 2.75. The predicted octanol–water partition coefficient (Wildman–Crippen LogP) is 3.15. The maximum atomic E-state index is 12.7. The minimum Gasteiger partial charge on any atom is -0.454 e. The number of Topliss-reactive ketones (excluding diaryl/α,β-unsaturated/α-hetero) is 1. The highest BCUT2D eigenvalue weighted by Crippen LogP contribution is 2.36. The molecular weight excluding hydrogens is 454 g/mol. The highest BCUT2D eigenvalue weighted by atomic mass is 32.2. The number of ketones is 1. The largest absolute Gasteiger partial charge is 0.454 e. The molecule has 11 heteroatoms. The number of sulfonamides is 1. The van der Waals surface area contributed by atoms with Crippen LogP contribution < -0.4 is 13.8 Å². The molecule has 0 N–H and O–H groups in total. The van der Waals surface area contributed by atoms with Crippen molar-refractivity contribution in [3.05, 3.63) is 47.5 Å². The van der Waals surface area contributed by atoms with Gasteiger partial charge in [0.2, 0.25) is 22.7 Å². The Hall–Kier alpha value is -3.05. The van der Waals surface area contributed by atoms with Crippen LogP contribution >= 0.6 is 11.8 Å². The molecule has 0 spiro atoms. The fraction of sp³-hybridized carbons (Fsp3) is 0.286. The molecule has 9 nitrogen and oxygen atoms in total. The minimum atomic E-state index is -3.31. The Bertz CT molecular complexity index is 1300. The van der Waals surface area contributed by atoms with Gasteiger partial charge in [0.1, 0.15) is 0 Å². The van der Waals surface area contributed by atoms with Crippen LogP contribution in [0, 0.1) is 0 Å². The first-order chi connectivity index (χ1) is 15.4. The van der Waals surface area contributed by atoms with E-state index in [0.717, 1.165) is 17.3 Å². The topological polar surface area (TPSA) is 112 Å². The average Bonchev–Trinajstić information content (AvgIpc) is 3.55. The number of thioether (sulfide) groups is 1. The molecular formula is C21H19N3O6S2. The van der Waals surface area contributed by atoms with Crippen molar-refractivity contribution in [2.75, 3.05) is 29.1 Å². The summed E-state index contributed by atoms with van der Waals surface area (Å²) in [6.07, 6.45) is 0.589. The van der Waals surface area contributed by atoms with Crippen LogP contribution in [-0.4, -0.2) is 49.2 Å². The SMILES string of the molecule is CCS(=O)(=O)N1CCc2cc(C(=O)CSc3nnc(-c4ccc5c(c4)OCO5)o3)ccc21. The Balaban J connectivity index is 1.25. The number of ether oxygens (including phenoxy) is 2. The Morgan fingerprint density at radius 3 is 2.81 bits per heavy atom. The van der Waals surface area contributed by atoms with E-state index in [1.807, 2.05) is 0 Å². The number of anilines is 1. The second-order valence-corrected chi connectivity index (χ2v) is 10.3. The van der Waals surface area contributed by atoms with Crippen molar-refractivity contribution in [3.63, 3.8) is 0 Å². The molecule has 32 heavy (non-hydrogen) atoms. The fourth-order valence-electron chi connectivity index (χ4n) is 3.61. The molecule has 0 saturated heterocycles. The predicted molar refractivity (Wildman–Crippen MR) is 118 cm³/mol. The van der Waals surface area contributed by atoms with Gasteiger partial charge in [-0.2, -0.15) is 0 Å². The summed E-state index contributed by atoms with van der Waals surface area (Å²) in [7, 11) is -3.31. The number of nitrogens with zero attached hydrogens (tertiary/aromatic N) is 3. The van der Waals surface area contributed by atoms with Crippen LogP contribution in [0.15, 0.2) is 46.0 Å². The lowest BCUT2D eigenvalue weighted by Crippen LogP contribution is -2.30. The van der Waals surface area contributed by atoms with Crippen LogP contribution in [-0.2, 0) is 16.4 Å². The van der Waals surface area contributed by atoms with E-state index >= 15 is 0 Å². The van der Waals surface area contributed by atoms with Gasteiger partial charge in [-0.05, 0) is 55.3 Å². The van der Waals surface area contributed by atoms with E-state index < -0.39 is 10.0 Å². The highest BCUT2D eigenvalue weighted by molar-refractivity contribution is 7.99. The third-order valence-corrected chi connectivity index (χ3v) is 7.91. The van der Waals surface area contributed by atoms with Gasteiger partial charge in [0, 0.05) is 17.7 Å². The zero-order chi connectivity index (χ0) is 22.3. The van der Waals surface area contributed by atoms with Crippen molar-refractivity contribution in [1.82, 2.24) is 10.2 Å². The molecule has 0 bridgehead atoms.